The third-order valence-corrected chi connectivity index (χ3v) is 9.30. The Kier molecular flexibility index (Phi) is 7.70. The molecule has 1 saturated carbocycles. The average molecular weight is 617 g/mol. The standard InChI is InChI=1S/C31H32F4N4O5/c1-18-14-37(8-9-39(18)23-4-5-26(32)25(12-23)28(40)41)24-6-7-30(44-16-24,21-2-3-21)29(42)38-15-20-11-22(31(33,34)35)10-19(13-36)27(20)43-17-38/h4-5,10-12,18,21,24H,2-3,6-9,14-17H2,1H3,(H,40,41)/t18-,24+,30-/m0/s1. The summed E-state index contributed by atoms with van der Waals surface area (Å²) in [6, 6.07) is 7.65. The minimum absolute atomic E-state index is 0.0121. The van der Waals surface area contributed by atoms with Gasteiger partial charge in [0.15, 0.2) is 6.73 Å². The number of carbonyl (C=O) groups is 2. The number of rotatable bonds is 5. The summed E-state index contributed by atoms with van der Waals surface area (Å²) in [5.74, 6) is -2.31. The van der Waals surface area contributed by atoms with Crippen molar-refractivity contribution in [1.29, 1.82) is 5.26 Å². The third-order valence-electron chi connectivity index (χ3n) is 9.30. The van der Waals surface area contributed by atoms with Crippen LogP contribution >= 0.6 is 0 Å². The van der Waals surface area contributed by atoms with Gasteiger partial charge in [-0.3, -0.25) is 9.69 Å². The summed E-state index contributed by atoms with van der Waals surface area (Å²) in [5.41, 5.74) is -1.84. The molecule has 0 radical (unpaired) electrons. The fourth-order valence-electron chi connectivity index (χ4n) is 6.86. The van der Waals surface area contributed by atoms with Gasteiger partial charge in [0, 0.05) is 43.0 Å². The van der Waals surface area contributed by atoms with E-state index in [2.05, 4.69) is 9.80 Å². The van der Waals surface area contributed by atoms with Crippen LogP contribution in [-0.4, -0.2) is 77.4 Å². The molecule has 4 aliphatic rings. The Hall–Kier alpha value is -3.89. The predicted molar refractivity (Wildman–Crippen MR) is 148 cm³/mol. The maximum absolute atomic E-state index is 14.0. The molecular weight excluding hydrogens is 584 g/mol. The molecule has 3 heterocycles. The van der Waals surface area contributed by atoms with Gasteiger partial charge in [0.2, 0.25) is 0 Å². The topological polar surface area (TPSA) is 106 Å². The summed E-state index contributed by atoms with van der Waals surface area (Å²) >= 11 is 0. The van der Waals surface area contributed by atoms with Gasteiger partial charge in [0.1, 0.15) is 23.2 Å². The highest BCUT2D eigenvalue weighted by molar-refractivity contribution is 5.89. The summed E-state index contributed by atoms with van der Waals surface area (Å²) in [6.45, 7) is 3.98. The van der Waals surface area contributed by atoms with Crippen LogP contribution in [0.25, 0.3) is 0 Å². The number of piperazine rings is 1. The number of halogens is 4. The van der Waals surface area contributed by atoms with Crippen molar-refractivity contribution in [2.75, 3.05) is 37.9 Å². The van der Waals surface area contributed by atoms with E-state index < -0.39 is 29.1 Å². The predicted octanol–water partition coefficient (Wildman–Crippen LogP) is 4.63. The SMILES string of the molecule is C[C@H]1CN([C@@H]2CC[C@@](C(=O)N3COc4c(C#N)cc(C(F)(F)F)cc4C3)(C3CC3)OC2)CCN1c1ccc(F)c(C(=O)O)c1. The first kappa shape index (κ1) is 30.1. The molecule has 9 nitrogen and oxygen atoms in total. The number of nitriles is 1. The maximum atomic E-state index is 14.0. The molecule has 0 spiro atoms. The van der Waals surface area contributed by atoms with E-state index in [1.807, 2.05) is 6.92 Å². The first-order chi connectivity index (χ1) is 20.9. The molecule has 0 bridgehead atoms. The van der Waals surface area contributed by atoms with Crippen LogP contribution < -0.4 is 9.64 Å². The number of fused-ring (bicyclic) bond motifs is 1. The largest absolute Gasteiger partial charge is 0.478 e. The molecule has 6 rings (SSSR count). The van der Waals surface area contributed by atoms with E-state index in [9.17, 15) is 37.5 Å². The molecule has 3 fully saturated rings. The lowest BCUT2D eigenvalue weighted by molar-refractivity contribution is -0.180. The number of aromatic carboxylic acids is 1. The Morgan fingerprint density at radius 1 is 1.14 bits per heavy atom. The molecule has 3 aliphatic heterocycles. The van der Waals surface area contributed by atoms with Gasteiger partial charge < -0.3 is 24.4 Å². The van der Waals surface area contributed by atoms with Crippen LogP contribution in [0.3, 0.4) is 0 Å². The zero-order valence-corrected chi connectivity index (χ0v) is 24.1. The number of hydrogen-bond donors (Lipinski definition) is 1. The van der Waals surface area contributed by atoms with Gasteiger partial charge in [-0.05, 0) is 68.9 Å². The molecule has 1 aliphatic carbocycles. The molecule has 2 aromatic carbocycles. The third kappa shape index (κ3) is 5.45. The summed E-state index contributed by atoms with van der Waals surface area (Å²) in [6.07, 6.45) is -1.84. The van der Waals surface area contributed by atoms with Gasteiger partial charge >= 0.3 is 12.1 Å². The van der Waals surface area contributed by atoms with Crippen molar-refractivity contribution in [2.24, 2.45) is 5.92 Å². The lowest BCUT2D eigenvalue weighted by Crippen LogP contribution is -2.61. The second-order valence-corrected chi connectivity index (χ2v) is 12.1. The van der Waals surface area contributed by atoms with Gasteiger partial charge in [0.05, 0.1) is 29.8 Å². The van der Waals surface area contributed by atoms with Crippen LogP contribution in [-0.2, 0) is 22.3 Å². The van der Waals surface area contributed by atoms with Crippen molar-refractivity contribution in [3.8, 4) is 11.8 Å². The van der Waals surface area contributed by atoms with E-state index in [0.717, 1.165) is 25.0 Å². The molecule has 0 unspecified atom stereocenters. The molecule has 3 atom stereocenters. The maximum Gasteiger partial charge on any atom is 0.416 e. The van der Waals surface area contributed by atoms with Crippen LogP contribution in [0.1, 0.15) is 59.7 Å². The van der Waals surface area contributed by atoms with Crippen molar-refractivity contribution in [3.05, 3.63) is 58.4 Å². The Balaban J connectivity index is 1.12. The molecule has 234 valence electrons. The molecule has 2 aromatic rings. The monoisotopic (exact) mass is 616 g/mol. The van der Waals surface area contributed by atoms with Crippen LogP contribution in [0.4, 0.5) is 23.2 Å². The van der Waals surface area contributed by atoms with Gasteiger partial charge in [0.25, 0.3) is 5.91 Å². The van der Waals surface area contributed by atoms with Crippen molar-refractivity contribution in [3.63, 3.8) is 0 Å². The van der Waals surface area contributed by atoms with E-state index in [0.29, 0.717) is 44.8 Å². The number of carboxylic acids is 1. The number of carboxylic acid groups (broad SMARTS) is 1. The highest BCUT2D eigenvalue weighted by Crippen LogP contribution is 2.49. The number of hydrogen-bond acceptors (Lipinski definition) is 7. The van der Waals surface area contributed by atoms with Gasteiger partial charge in [-0.1, -0.05) is 0 Å². The zero-order valence-electron chi connectivity index (χ0n) is 24.1. The number of ether oxygens (including phenoxy) is 2. The fraction of sp³-hybridized carbons (Fsp3) is 0.516. The molecule has 2 saturated heterocycles. The van der Waals surface area contributed by atoms with E-state index in [-0.39, 0.29) is 59.6 Å². The number of anilines is 1. The van der Waals surface area contributed by atoms with Crippen LogP contribution in [0, 0.1) is 23.1 Å². The highest BCUT2D eigenvalue weighted by atomic mass is 19.4. The summed E-state index contributed by atoms with van der Waals surface area (Å²) in [5, 5.41) is 18.7. The Morgan fingerprint density at radius 2 is 1.91 bits per heavy atom. The Bertz CT molecular complexity index is 1510. The van der Waals surface area contributed by atoms with Crippen molar-refractivity contribution < 1.29 is 41.7 Å². The second-order valence-electron chi connectivity index (χ2n) is 12.1. The molecule has 1 amide bonds. The summed E-state index contributed by atoms with van der Waals surface area (Å²) in [4.78, 5) is 31.1. The lowest BCUT2D eigenvalue weighted by Gasteiger charge is -2.48. The zero-order chi connectivity index (χ0) is 31.4. The highest BCUT2D eigenvalue weighted by Gasteiger charge is 2.56. The number of nitrogens with zero attached hydrogens (tertiary/aromatic N) is 4. The van der Waals surface area contributed by atoms with E-state index >= 15 is 0 Å². The summed E-state index contributed by atoms with van der Waals surface area (Å²) < 4.78 is 66.5. The van der Waals surface area contributed by atoms with Gasteiger partial charge in [-0.2, -0.15) is 18.4 Å². The van der Waals surface area contributed by atoms with Crippen molar-refractivity contribution in [2.45, 2.75) is 63.0 Å². The number of benzene rings is 2. The quantitative estimate of drug-likeness (QED) is 0.485. The summed E-state index contributed by atoms with van der Waals surface area (Å²) in [7, 11) is 0. The van der Waals surface area contributed by atoms with E-state index in [4.69, 9.17) is 9.47 Å². The van der Waals surface area contributed by atoms with E-state index in [1.165, 1.54) is 17.0 Å². The number of carbonyl (C=O) groups excluding carboxylic acids is 1. The second kappa shape index (κ2) is 11.2. The molecule has 1 N–H and O–H groups in total. The van der Waals surface area contributed by atoms with Gasteiger partial charge in [-0.25, -0.2) is 9.18 Å². The average Bonchev–Trinajstić information content (AvgIpc) is 3.86. The Labute approximate surface area is 251 Å². The smallest absolute Gasteiger partial charge is 0.416 e. The Morgan fingerprint density at radius 3 is 2.52 bits per heavy atom. The minimum Gasteiger partial charge on any atom is -0.478 e. The molecule has 44 heavy (non-hydrogen) atoms. The molecular formula is C31H32F4N4O5. The lowest BCUT2D eigenvalue weighted by atomic mass is 9.85. The minimum atomic E-state index is -4.65. The molecule has 0 aromatic heterocycles. The first-order valence-corrected chi connectivity index (χ1v) is 14.6. The van der Waals surface area contributed by atoms with Crippen LogP contribution in [0.2, 0.25) is 0 Å². The van der Waals surface area contributed by atoms with Crippen molar-refractivity contribution in [1.82, 2.24) is 9.80 Å². The van der Waals surface area contributed by atoms with Crippen LogP contribution in [0.5, 0.6) is 5.75 Å². The van der Waals surface area contributed by atoms with Crippen LogP contribution in [0.15, 0.2) is 30.3 Å². The molecule has 13 heteroatoms. The van der Waals surface area contributed by atoms with Crippen molar-refractivity contribution >= 4 is 17.6 Å². The normalized spacial score (nSPS) is 26.0. The number of alkyl halides is 3. The number of amides is 1. The van der Waals surface area contributed by atoms with E-state index in [1.54, 1.807) is 12.1 Å². The van der Waals surface area contributed by atoms with Gasteiger partial charge in [-0.15, -0.1) is 0 Å². The first-order valence-electron chi connectivity index (χ1n) is 14.6. The fourth-order valence-corrected chi connectivity index (χ4v) is 6.86.